The Morgan fingerprint density at radius 2 is 1.91 bits per heavy atom. The molecule has 0 saturated carbocycles. The molecule has 0 aliphatic heterocycles. The highest BCUT2D eigenvalue weighted by molar-refractivity contribution is 6.30. The van der Waals surface area contributed by atoms with Crippen molar-refractivity contribution in [3.63, 3.8) is 0 Å². The van der Waals surface area contributed by atoms with E-state index in [9.17, 15) is 18.7 Å². The molecule has 1 amide bonds. The third kappa shape index (κ3) is 4.02. The molecule has 22 heavy (non-hydrogen) atoms. The summed E-state index contributed by atoms with van der Waals surface area (Å²) in [6, 6.07) is 9.14. The molecule has 0 aliphatic rings. The van der Waals surface area contributed by atoms with Gasteiger partial charge < -0.3 is 10.4 Å². The maximum atomic E-state index is 13.5. The molecule has 0 heterocycles. The van der Waals surface area contributed by atoms with Crippen molar-refractivity contribution in [3.8, 4) is 0 Å². The molecule has 0 aliphatic carbocycles. The van der Waals surface area contributed by atoms with Gasteiger partial charge in [0.05, 0.1) is 24.1 Å². The number of amides is 1. The molecule has 0 aromatic heterocycles. The number of halogens is 3. The molecule has 3 nitrogen and oxygen atoms in total. The lowest BCUT2D eigenvalue weighted by molar-refractivity contribution is -0.121. The summed E-state index contributed by atoms with van der Waals surface area (Å²) < 4.78 is 26.9. The van der Waals surface area contributed by atoms with Crippen LogP contribution in [0.1, 0.15) is 17.2 Å². The SMILES string of the molecule is O=C(Cc1ccccc1F)NC(CO)c1ccc(Cl)c(F)c1. The Balaban J connectivity index is 2.08. The van der Waals surface area contributed by atoms with Crippen molar-refractivity contribution in [2.75, 3.05) is 6.61 Å². The van der Waals surface area contributed by atoms with Gasteiger partial charge in [-0.3, -0.25) is 4.79 Å². The molecular formula is C16H14ClF2NO2. The highest BCUT2D eigenvalue weighted by atomic mass is 35.5. The Labute approximate surface area is 131 Å². The van der Waals surface area contributed by atoms with Gasteiger partial charge >= 0.3 is 0 Å². The van der Waals surface area contributed by atoms with Gasteiger partial charge in [-0.15, -0.1) is 0 Å². The molecule has 116 valence electrons. The summed E-state index contributed by atoms with van der Waals surface area (Å²) in [5, 5.41) is 11.9. The second-order valence-electron chi connectivity index (χ2n) is 4.74. The van der Waals surface area contributed by atoms with Crippen LogP contribution in [0.4, 0.5) is 8.78 Å². The Morgan fingerprint density at radius 3 is 2.55 bits per heavy atom. The van der Waals surface area contributed by atoms with E-state index >= 15 is 0 Å². The zero-order valence-electron chi connectivity index (χ0n) is 11.5. The van der Waals surface area contributed by atoms with Crippen molar-refractivity contribution in [3.05, 3.63) is 70.2 Å². The smallest absolute Gasteiger partial charge is 0.225 e. The summed E-state index contributed by atoms with van der Waals surface area (Å²) in [5.74, 6) is -1.59. The summed E-state index contributed by atoms with van der Waals surface area (Å²) in [6.45, 7) is -0.413. The van der Waals surface area contributed by atoms with Crippen LogP contribution < -0.4 is 5.32 Å². The van der Waals surface area contributed by atoms with Crippen LogP contribution in [0.5, 0.6) is 0 Å². The highest BCUT2D eigenvalue weighted by Gasteiger charge is 2.16. The normalized spacial score (nSPS) is 12.0. The van der Waals surface area contributed by atoms with E-state index in [0.29, 0.717) is 5.56 Å². The average molecular weight is 326 g/mol. The van der Waals surface area contributed by atoms with Crippen LogP contribution in [0.2, 0.25) is 5.02 Å². The number of aliphatic hydroxyl groups excluding tert-OH is 1. The van der Waals surface area contributed by atoms with E-state index in [2.05, 4.69) is 5.32 Å². The molecule has 0 bridgehead atoms. The molecule has 1 atom stereocenters. The molecule has 2 N–H and O–H groups in total. The largest absolute Gasteiger partial charge is 0.394 e. The number of hydrogen-bond donors (Lipinski definition) is 2. The van der Waals surface area contributed by atoms with Crippen LogP contribution in [-0.2, 0) is 11.2 Å². The topological polar surface area (TPSA) is 49.3 Å². The van der Waals surface area contributed by atoms with Crippen molar-refractivity contribution >= 4 is 17.5 Å². The van der Waals surface area contributed by atoms with E-state index < -0.39 is 30.2 Å². The van der Waals surface area contributed by atoms with Crippen LogP contribution in [0.25, 0.3) is 0 Å². The van der Waals surface area contributed by atoms with Gasteiger partial charge in [0.15, 0.2) is 0 Å². The lowest BCUT2D eigenvalue weighted by Gasteiger charge is -2.17. The molecule has 2 rings (SSSR count). The summed E-state index contributed by atoms with van der Waals surface area (Å²) in [5.41, 5.74) is 0.630. The first-order valence-electron chi connectivity index (χ1n) is 6.60. The summed E-state index contributed by atoms with van der Waals surface area (Å²) >= 11 is 5.59. The lowest BCUT2D eigenvalue weighted by atomic mass is 10.1. The van der Waals surface area contributed by atoms with Gasteiger partial charge in [-0.05, 0) is 29.3 Å². The molecule has 1 unspecified atom stereocenters. The zero-order chi connectivity index (χ0) is 16.1. The molecule has 0 fully saturated rings. The second kappa shape index (κ2) is 7.33. The van der Waals surface area contributed by atoms with E-state index in [0.717, 1.165) is 6.07 Å². The van der Waals surface area contributed by atoms with E-state index in [4.69, 9.17) is 11.6 Å². The first-order chi connectivity index (χ1) is 10.5. The van der Waals surface area contributed by atoms with Gasteiger partial charge in [0.1, 0.15) is 11.6 Å². The highest BCUT2D eigenvalue weighted by Crippen LogP contribution is 2.20. The molecule has 0 radical (unpaired) electrons. The first kappa shape index (κ1) is 16.4. The number of benzene rings is 2. The Kier molecular flexibility index (Phi) is 5.46. The summed E-state index contributed by atoms with van der Waals surface area (Å²) in [4.78, 5) is 12.0. The predicted molar refractivity (Wildman–Crippen MR) is 79.5 cm³/mol. The number of aliphatic hydroxyl groups is 1. The molecule has 6 heteroatoms. The third-order valence-corrected chi connectivity index (χ3v) is 3.48. The fourth-order valence-electron chi connectivity index (χ4n) is 2.02. The lowest BCUT2D eigenvalue weighted by Crippen LogP contribution is -2.32. The van der Waals surface area contributed by atoms with E-state index in [1.54, 1.807) is 6.07 Å². The fraction of sp³-hybridized carbons (Fsp3) is 0.188. The molecule has 2 aromatic carbocycles. The Bertz CT molecular complexity index is 679. The monoisotopic (exact) mass is 325 g/mol. The summed E-state index contributed by atoms with van der Waals surface area (Å²) in [6.07, 6.45) is -0.167. The van der Waals surface area contributed by atoms with Gasteiger partial charge in [-0.25, -0.2) is 8.78 Å². The van der Waals surface area contributed by atoms with Crippen LogP contribution in [0.15, 0.2) is 42.5 Å². The van der Waals surface area contributed by atoms with E-state index in [1.807, 2.05) is 0 Å². The number of hydrogen-bond acceptors (Lipinski definition) is 2. The number of rotatable bonds is 5. The molecule has 2 aromatic rings. The fourth-order valence-corrected chi connectivity index (χ4v) is 2.14. The maximum Gasteiger partial charge on any atom is 0.225 e. The van der Waals surface area contributed by atoms with Crippen molar-refractivity contribution < 1.29 is 18.7 Å². The third-order valence-electron chi connectivity index (χ3n) is 3.17. The van der Waals surface area contributed by atoms with Gasteiger partial charge in [-0.1, -0.05) is 35.9 Å². The van der Waals surface area contributed by atoms with Crippen molar-refractivity contribution in [2.24, 2.45) is 0 Å². The van der Waals surface area contributed by atoms with Gasteiger partial charge in [0, 0.05) is 0 Å². The van der Waals surface area contributed by atoms with Crippen LogP contribution in [0, 0.1) is 11.6 Å². The standard InChI is InChI=1S/C16H14ClF2NO2/c17-12-6-5-11(7-14(12)19)15(9-21)20-16(22)8-10-3-1-2-4-13(10)18/h1-7,15,21H,8-9H2,(H,20,22). The average Bonchev–Trinajstić information content (AvgIpc) is 2.50. The van der Waals surface area contributed by atoms with Crippen molar-refractivity contribution in [1.82, 2.24) is 5.32 Å². The number of carbonyl (C=O) groups excluding carboxylic acids is 1. The Hall–Kier alpha value is -1.98. The van der Waals surface area contributed by atoms with Gasteiger partial charge in [-0.2, -0.15) is 0 Å². The predicted octanol–water partition coefficient (Wildman–Crippen LogP) is 3.01. The van der Waals surface area contributed by atoms with Gasteiger partial charge in [0.25, 0.3) is 0 Å². The minimum Gasteiger partial charge on any atom is -0.394 e. The van der Waals surface area contributed by atoms with Crippen molar-refractivity contribution in [1.29, 1.82) is 0 Å². The minimum atomic E-state index is -0.786. The van der Waals surface area contributed by atoms with E-state index in [1.165, 1.54) is 30.3 Å². The number of carbonyl (C=O) groups is 1. The van der Waals surface area contributed by atoms with Gasteiger partial charge in [0.2, 0.25) is 5.91 Å². The first-order valence-corrected chi connectivity index (χ1v) is 6.97. The minimum absolute atomic E-state index is 0.0434. The van der Waals surface area contributed by atoms with E-state index in [-0.39, 0.29) is 17.0 Å². The van der Waals surface area contributed by atoms with Crippen LogP contribution in [0.3, 0.4) is 0 Å². The van der Waals surface area contributed by atoms with Crippen LogP contribution in [-0.4, -0.2) is 17.6 Å². The quantitative estimate of drug-likeness (QED) is 0.888. The maximum absolute atomic E-state index is 13.5. The van der Waals surface area contributed by atoms with Crippen LogP contribution >= 0.6 is 11.6 Å². The summed E-state index contributed by atoms with van der Waals surface area (Å²) in [7, 11) is 0. The van der Waals surface area contributed by atoms with Crippen molar-refractivity contribution in [2.45, 2.75) is 12.5 Å². The second-order valence-corrected chi connectivity index (χ2v) is 5.15. The molecular weight excluding hydrogens is 312 g/mol. The molecule has 0 saturated heterocycles. The molecule has 0 spiro atoms. The zero-order valence-corrected chi connectivity index (χ0v) is 12.3. The Morgan fingerprint density at radius 1 is 1.18 bits per heavy atom. The number of nitrogens with one attached hydrogen (secondary N) is 1.